The molecule has 3 aromatic rings. The molecule has 0 aliphatic carbocycles. The van der Waals surface area contributed by atoms with Crippen LogP contribution in [0.4, 0.5) is 5.69 Å². The van der Waals surface area contributed by atoms with E-state index in [0.29, 0.717) is 27.6 Å². The van der Waals surface area contributed by atoms with E-state index in [4.69, 9.17) is 11.5 Å². The van der Waals surface area contributed by atoms with Crippen LogP contribution in [0.3, 0.4) is 0 Å². The summed E-state index contributed by atoms with van der Waals surface area (Å²) in [5.41, 5.74) is 13.7. The van der Waals surface area contributed by atoms with Gasteiger partial charge in [0.1, 0.15) is 42.3 Å². The van der Waals surface area contributed by atoms with Gasteiger partial charge in [0.05, 0.1) is 33.1 Å². The Labute approximate surface area is 319 Å². The molecule has 3 rings (SSSR count). The van der Waals surface area contributed by atoms with Crippen LogP contribution in [0.2, 0.25) is 0 Å². The largest absolute Gasteiger partial charge is 0.370 e. The van der Waals surface area contributed by atoms with Crippen LogP contribution in [-0.4, -0.2) is 104 Å². The number of aromatic amines is 1. The zero-order chi connectivity index (χ0) is 40.3. The number of carbonyl (C=O) groups is 6. The number of hydrogen-bond acceptors (Lipinski definition) is 8. The number of para-hydroxylation sites is 1. The lowest BCUT2D eigenvalue weighted by molar-refractivity contribution is -0.134. The van der Waals surface area contributed by atoms with E-state index < -0.39 is 59.6 Å². The Hall–Kier alpha value is -5.44. The molecule has 0 radical (unpaired) electrons. The lowest BCUT2D eigenvalue weighted by atomic mass is 10.0. The molecule has 0 aliphatic rings. The molecule has 2 aromatic carbocycles. The lowest BCUT2D eigenvalue weighted by Gasteiger charge is -2.25. The van der Waals surface area contributed by atoms with Gasteiger partial charge in [-0.25, -0.2) is 0 Å². The third-order valence-corrected chi connectivity index (χ3v) is 9.56. The Morgan fingerprint density at radius 1 is 0.907 bits per heavy atom. The van der Waals surface area contributed by atoms with Crippen molar-refractivity contribution in [3.05, 3.63) is 59.8 Å². The van der Waals surface area contributed by atoms with Crippen molar-refractivity contribution < 1.29 is 28.8 Å². The maximum Gasteiger partial charge on any atom is 0.243 e. The van der Waals surface area contributed by atoms with Crippen LogP contribution in [0.5, 0.6) is 0 Å². The van der Waals surface area contributed by atoms with E-state index in [1.165, 1.54) is 6.92 Å². The van der Waals surface area contributed by atoms with E-state index >= 15 is 0 Å². The zero-order valence-electron chi connectivity index (χ0n) is 31.7. The number of primary amides is 2. The van der Waals surface area contributed by atoms with Gasteiger partial charge in [0.15, 0.2) is 10.6 Å². The normalized spacial score (nSPS) is 13.7. The third kappa shape index (κ3) is 12.3. The summed E-state index contributed by atoms with van der Waals surface area (Å²) in [6.45, 7) is 4.72. The average molecular weight is 765 g/mol. The number of nitrogens with one attached hydrogen (secondary N) is 5. The van der Waals surface area contributed by atoms with Crippen molar-refractivity contribution in [1.82, 2.24) is 35.0 Å². The SMILES string of the molecule is CC(C)[C@H](NC(=O)[C@H](C)NC(=O)[C@H](Cc1c[nH]c2ccccc12)NC(=O)[C@H](CCC(N)=O)NC(=O)CN(C)[SH+]c1ccc([N+](C)(C)C)c(C#N)c1)C(N)=O. The maximum absolute atomic E-state index is 13.8. The molecule has 54 heavy (non-hydrogen) atoms. The zero-order valence-corrected chi connectivity index (χ0v) is 32.6. The fourth-order valence-electron chi connectivity index (χ4n) is 5.72. The Balaban J connectivity index is 1.80. The summed E-state index contributed by atoms with van der Waals surface area (Å²) in [6.07, 6.45) is 1.34. The molecule has 9 N–H and O–H groups in total. The Morgan fingerprint density at radius 3 is 2.19 bits per heavy atom. The second kappa shape index (κ2) is 19.1. The molecule has 4 atom stereocenters. The molecule has 0 saturated carbocycles. The topological polar surface area (TPSA) is 245 Å². The summed E-state index contributed by atoms with van der Waals surface area (Å²) >= 11 is 0.629. The van der Waals surface area contributed by atoms with Gasteiger partial charge in [-0.05, 0) is 30.9 Å². The van der Waals surface area contributed by atoms with Crippen molar-refractivity contribution in [1.29, 1.82) is 5.26 Å². The van der Waals surface area contributed by atoms with Crippen LogP contribution in [0, 0.1) is 17.2 Å². The predicted molar refractivity (Wildman–Crippen MR) is 208 cm³/mol. The van der Waals surface area contributed by atoms with Gasteiger partial charge in [-0.1, -0.05) is 32.0 Å². The Bertz CT molecular complexity index is 1900. The van der Waals surface area contributed by atoms with Gasteiger partial charge >= 0.3 is 0 Å². The minimum atomic E-state index is -1.24. The highest BCUT2D eigenvalue weighted by molar-refractivity contribution is 7.76. The summed E-state index contributed by atoms with van der Waals surface area (Å²) in [7, 11) is 7.58. The highest BCUT2D eigenvalue weighted by atomic mass is 32.2. The van der Waals surface area contributed by atoms with E-state index in [1.54, 1.807) is 37.5 Å². The van der Waals surface area contributed by atoms with Crippen molar-refractivity contribution in [2.45, 2.75) is 69.1 Å². The molecule has 17 heteroatoms. The first kappa shape index (κ1) is 43.0. The molecular weight excluding hydrogens is 713 g/mol. The van der Waals surface area contributed by atoms with Crippen molar-refractivity contribution >= 4 is 64.0 Å². The van der Waals surface area contributed by atoms with Crippen LogP contribution in [0.25, 0.3) is 10.9 Å². The molecule has 0 saturated heterocycles. The number of fused-ring (bicyclic) bond motifs is 1. The van der Waals surface area contributed by atoms with Crippen LogP contribution in [-0.2, 0) is 47.1 Å². The first-order valence-electron chi connectivity index (χ1n) is 17.4. The van der Waals surface area contributed by atoms with Crippen LogP contribution in [0.15, 0.2) is 53.6 Å². The number of nitrogens with two attached hydrogens (primary N) is 2. The van der Waals surface area contributed by atoms with Crippen molar-refractivity contribution in [2.75, 3.05) is 34.7 Å². The smallest absolute Gasteiger partial charge is 0.243 e. The number of H-pyrrole nitrogens is 1. The Morgan fingerprint density at radius 2 is 1.57 bits per heavy atom. The maximum atomic E-state index is 13.8. The second-order valence-electron chi connectivity index (χ2n) is 14.4. The number of quaternary nitrogens is 1. The number of rotatable bonds is 19. The number of likely N-dealkylation sites (N-methyl/N-ethyl adjacent to an activating group) is 1. The van der Waals surface area contributed by atoms with Crippen molar-refractivity contribution in [3.63, 3.8) is 0 Å². The van der Waals surface area contributed by atoms with Gasteiger partial charge in [-0.3, -0.25) is 33.3 Å². The van der Waals surface area contributed by atoms with E-state index in [1.807, 2.05) is 57.5 Å². The highest BCUT2D eigenvalue weighted by Crippen LogP contribution is 2.24. The van der Waals surface area contributed by atoms with Gasteiger partial charge in [0.2, 0.25) is 35.4 Å². The van der Waals surface area contributed by atoms with Gasteiger partial charge in [-0.2, -0.15) is 5.26 Å². The van der Waals surface area contributed by atoms with Crippen molar-refractivity contribution in [2.24, 2.45) is 17.4 Å². The van der Waals surface area contributed by atoms with Gasteiger partial charge in [0, 0.05) is 55.2 Å². The van der Waals surface area contributed by atoms with Crippen molar-refractivity contribution in [3.8, 4) is 6.07 Å². The number of amides is 6. The number of nitrogens with zero attached hydrogens (tertiary/aromatic N) is 3. The number of hydrogen-bond donors (Lipinski definition) is 7. The molecule has 1 aromatic heterocycles. The molecule has 290 valence electrons. The summed E-state index contributed by atoms with van der Waals surface area (Å²) in [5.74, 6) is -4.35. The van der Waals surface area contributed by atoms with Crippen LogP contribution < -0.4 is 37.2 Å². The summed E-state index contributed by atoms with van der Waals surface area (Å²) < 4.78 is 2.14. The first-order valence-corrected chi connectivity index (χ1v) is 18.3. The second-order valence-corrected chi connectivity index (χ2v) is 15.8. The fraction of sp³-hybridized carbons (Fsp3) is 0.432. The lowest BCUT2D eigenvalue weighted by Crippen LogP contribution is -2.58. The van der Waals surface area contributed by atoms with Crippen LogP contribution in [0.1, 0.15) is 44.7 Å². The number of aromatic nitrogens is 1. The molecule has 0 aliphatic heterocycles. The molecule has 0 unspecified atom stereocenters. The Kier molecular flexibility index (Phi) is 15.2. The number of benzene rings is 2. The summed E-state index contributed by atoms with van der Waals surface area (Å²) in [6, 6.07) is 10.6. The third-order valence-electron chi connectivity index (χ3n) is 8.57. The minimum Gasteiger partial charge on any atom is -0.370 e. The molecule has 0 spiro atoms. The van der Waals surface area contributed by atoms with Gasteiger partial charge in [0.25, 0.3) is 0 Å². The predicted octanol–water partition coefficient (Wildman–Crippen LogP) is -0.135. The van der Waals surface area contributed by atoms with E-state index in [-0.39, 0.29) is 31.7 Å². The highest BCUT2D eigenvalue weighted by Gasteiger charge is 2.31. The van der Waals surface area contributed by atoms with Gasteiger partial charge < -0.3 is 37.7 Å². The molecule has 6 amide bonds. The quantitative estimate of drug-likeness (QED) is 0.0491. The molecule has 16 nitrogen and oxygen atoms in total. The molecule has 0 fully saturated rings. The van der Waals surface area contributed by atoms with E-state index in [9.17, 15) is 34.0 Å². The number of thiol groups is 1. The number of carbonyl (C=O) groups excluding carboxylic acids is 6. The molecule has 1 heterocycles. The average Bonchev–Trinajstić information content (AvgIpc) is 3.49. The minimum absolute atomic E-state index is 0.00149. The number of nitriles is 1. The van der Waals surface area contributed by atoms with E-state index in [2.05, 4.69) is 32.3 Å². The van der Waals surface area contributed by atoms with E-state index in [0.717, 1.165) is 21.5 Å². The molecule has 0 bridgehead atoms. The first-order chi connectivity index (χ1) is 25.3. The van der Waals surface area contributed by atoms with Crippen LogP contribution >= 0.6 is 0 Å². The summed E-state index contributed by atoms with van der Waals surface area (Å²) in [5, 5.41) is 21.1. The monoisotopic (exact) mass is 764 g/mol. The summed E-state index contributed by atoms with van der Waals surface area (Å²) in [4.78, 5) is 81.4. The fourth-order valence-corrected chi connectivity index (χ4v) is 6.64. The molecular formula is C37H52N10O6S+2. The standard InChI is InChI=1S/C37H50N10O6S/c1-21(2)33(34(40)50)45-35(51)22(3)42-37(53)29(17-24-19-41-27-11-9-8-10-26(24)27)44-36(52)28(13-15-31(39)48)43-32(49)20-46(4)54-25-12-14-30(47(5,6)7)23(16-25)18-38/h8-12,14,16,19,21-22,28-29,33,41H,13,15,17,20H2,1-7H3,(H7-,39,40,42,43,44,45,48,49,50,51,52,53)/p+2/t22-,28-,29-,33-/m0/s1. The van der Waals surface area contributed by atoms with Gasteiger partial charge in [-0.15, -0.1) is 4.31 Å².